The Hall–Kier alpha value is -3.91. The Kier molecular flexibility index (Phi) is 8.09. The van der Waals surface area contributed by atoms with Gasteiger partial charge in [-0.25, -0.2) is 13.2 Å². The molecule has 0 aliphatic rings. The Morgan fingerprint density at radius 2 is 1.77 bits per heavy atom. The van der Waals surface area contributed by atoms with Gasteiger partial charge in [0.05, 0.1) is 27.8 Å². The van der Waals surface area contributed by atoms with Crippen LogP contribution in [0, 0.1) is 11.3 Å². The summed E-state index contributed by atoms with van der Waals surface area (Å²) in [5.41, 5.74) is 7.19. The predicted octanol–water partition coefficient (Wildman–Crippen LogP) is 2.88. The smallest absolute Gasteiger partial charge is 0.335 e. The number of carboxylic acid groups (broad SMARTS) is 1. The van der Waals surface area contributed by atoms with E-state index in [1.165, 1.54) is 42.5 Å². The van der Waals surface area contributed by atoms with Gasteiger partial charge in [0.2, 0.25) is 5.91 Å². The molecule has 3 aromatic rings. The third kappa shape index (κ3) is 5.96. The molecular formula is C24H21ClN4O5S. The molecule has 0 aromatic heterocycles. The summed E-state index contributed by atoms with van der Waals surface area (Å²) in [7, 11) is -4.25. The fourth-order valence-corrected chi connectivity index (χ4v) is 5.01. The first-order valence-corrected chi connectivity index (χ1v) is 12.1. The predicted molar refractivity (Wildman–Crippen MR) is 130 cm³/mol. The number of rotatable bonds is 9. The van der Waals surface area contributed by atoms with Gasteiger partial charge in [0.1, 0.15) is 6.54 Å². The van der Waals surface area contributed by atoms with Gasteiger partial charge in [-0.2, -0.15) is 5.26 Å². The lowest BCUT2D eigenvalue weighted by atomic mass is 10.1. The van der Waals surface area contributed by atoms with E-state index in [9.17, 15) is 18.0 Å². The van der Waals surface area contributed by atoms with Gasteiger partial charge in [0.15, 0.2) is 0 Å². The molecule has 0 radical (unpaired) electrons. The van der Waals surface area contributed by atoms with E-state index in [2.05, 4.69) is 5.32 Å². The van der Waals surface area contributed by atoms with Crippen LogP contribution in [-0.2, 0) is 27.9 Å². The van der Waals surface area contributed by atoms with Crippen LogP contribution in [0.1, 0.15) is 27.0 Å². The van der Waals surface area contributed by atoms with Crippen molar-refractivity contribution in [2.24, 2.45) is 5.73 Å². The van der Waals surface area contributed by atoms with Crippen LogP contribution in [0.3, 0.4) is 0 Å². The monoisotopic (exact) mass is 512 g/mol. The minimum atomic E-state index is -4.25. The highest BCUT2D eigenvalue weighted by Gasteiger charge is 2.29. The molecule has 3 rings (SSSR count). The van der Waals surface area contributed by atoms with Crippen LogP contribution < -0.4 is 15.4 Å². The minimum Gasteiger partial charge on any atom is -0.478 e. The Bertz CT molecular complexity index is 1400. The highest BCUT2D eigenvalue weighted by molar-refractivity contribution is 7.92. The molecule has 180 valence electrons. The standard InChI is InChI=1S/C24H21ClN4O5S/c25-21-5-2-6-22(20(21)13-27)29(35(33,34)19-9-7-16(12-26)8-10-19)15-23(30)28-14-17-3-1-4-18(11-17)24(31)32/h1-11H,13-15,27H2,(H,28,30)(H,31,32). The normalized spacial score (nSPS) is 10.9. The topological polar surface area (TPSA) is 154 Å². The van der Waals surface area contributed by atoms with Crippen molar-refractivity contribution in [2.45, 2.75) is 18.0 Å². The molecule has 0 fully saturated rings. The number of hydrogen-bond acceptors (Lipinski definition) is 6. The lowest BCUT2D eigenvalue weighted by Crippen LogP contribution is -2.41. The molecule has 0 heterocycles. The number of sulfonamides is 1. The van der Waals surface area contributed by atoms with E-state index in [0.29, 0.717) is 11.1 Å². The molecule has 4 N–H and O–H groups in total. The summed E-state index contributed by atoms with van der Waals surface area (Å²) in [6.07, 6.45) is 0. The molecule has 0 atom stereocenters. The van der Waals surface area contributed by atoms with Crippen molar-refractivity contribution in [2.75, 3.05) is 10.8 Å². The number of hydrogen-bond donors (Lipinski definition) is 3. The van der Waals surface area contributed by atoms with Gasteiger partial charge >= 0.3 is 5.97 Å². The van der Waals surface area contributed by atoms with Crippen LogP contribution in [0.5, 0.6) is 0 Å². The maximum Gasteiger partial charge on any atom is 0.335 e. The minimum absolute atomic E-state index is 0.00992. The van der Waals surface area contributed by atoms with Gasteiger partial charge in [-0.3, -0.25) is 9.10 Å². The molecule has 11 heteroatoms. The molecule has 35 heavy (non-hydrogen) atoms. The molecule has 1 amide bonds. The number of nitriles is 1. The number of halogens is 1. The van der Waals surface area contributed by atoms with Crippen LogP contribution in [-0.4, -0.2) is 31.9 Å². The molecule has 0 spiro atoms. The highest BCUT2D eigenvalue weighted by atomic mass is 35.5. The van der Waals surface area contributed by atoms with Crippen molar-refractivity contribution in [3.63, 3.8) is 0 Å². The Morgan fingerprint density at radius 1 is 1.09 bits per heavy atom. The summed E-state index contributed by atoms with van der Waals surface area (Å²) >= 11 is 6.24. The average Bonchev–Trinajstić information content (AvgIpc) is 2.86. The number of nitrogens with zero attached hydrogens (tertiary/aromatic N) is 2. The quantitative estimate of drug-likeness (QED) is 0.398. The van der Waals surface area contributed by atoms with E-state index >= 15 is 0 Å². The van der Waals surface area contributed by atoms with Crippen LogP contribution >= 0.6 is 11.6 Å². The Morgan fingerprint density at radius 3 is 2.40 bits per heavy atom. The second kappa shape index (κ2) is 11.0. The second-order valence-corrected chi connectivity index (χ2v) is 9.64. The maximum atomic E-state index is 13.6. The fraction of sp³-hybridized carbons (Fsp3) is 0.125. The molecule has 9 nitrogen and oxygen atoms in total. The van der Waals surface area contributed by atoms with E-state index in [1.807, 2.05) is 6.07 Å². The number of aromatic carboxylic acids is 1. The number of benzene rings is 3. The number of carboxylic acids is 1. The molecule has 0 unspecified atom stereocenters. The van der Waals surface area contributed by atoms with Crippen molar-refractivity contribution in [1.82, 2.24) is 5.32 Å². The SMILES string of the molecule is N#Cc1ccc(S(=O)(=O)N(CC(=O)NCc2cccc(C(=O)O)c2)c2cccc(Cl)c2CN)cc1. The van der Waals surface area contributed by atoms with Gasteiger partial charge in [-0.15, -0.1) is 0 Å². The molecule has 0 saturated heterocycles. The van der Waals surface area contributed by atoms with E-state index in [1.54, 1.807) is 24.3 Å². The summed E-state index contributed by atoms with van der Waals surface area (Å²) in [5, 5.41) is 21.0. The van der Waals surface area contributed by atoms with Crippen LogP contribution in [0.25, 0.3) is 0 Å². The molecule has 0 bridgehead atoms. The average molecular weight is 513 g/mol. The molecule has 3 aromatic carbocycles. The number of anilines is 1. The lowest BCUT2D eigenvalue weighted by molar-refractivity contribution is -0.119. The zero-order valence-electron chi connectivity index (χ0n) is 18.3. The molecule has 0 aliphatic heterocycles. The summed E-state index contributed by atoms with van der Waals surface area (Å²) in [6, 6.07) is 17.9. The first kappa shape index (κ1) is 25.7. The maximum absolute atomic E-state index is 13.6. The summed E-state index contributed by atoms with van der Waals surface area (Å²) in [5.74, 6) is -1.74. The highest BCUT2D eigenvalue weighted by Crippen LogP contribution is 2.31. The van der Waals surface area contributed by atoms with E-state index < -0.39 is 28.4 Å². The van der Waals surface area contributed by atoms with Gasteiger partial charge in [0, 0.05) is 23.7 Å². The van der Waals surface area contributed by atoms with E-state index in [0.717, 1.165) is 4.31 Å². The van der Waals surface area contributed by atoms with Crippen molar-refractivity contribution in [1.29, 1.82) is 5.26 Å². The fourth-order valence-electron chi connectivity index (χ4n) is 3.31. The first-order valence-electron chi connectivity index (χ1n) is 10.3. The number of nitrogens with one attached hydrogen (secondary N) is 1. The van der Waals surface area contributed by atoms with Crippen LogP contribution in [0.2, 0.25) is 5.02 Å². The van der Waals surface area contributed by atoms with Crippen molar-refractivity contribution in [3.8, 4) is 6.07 Å². The summed E-state index contributed by atoms with van der Waals surface area (Å²) in [4.78, 5) is 23.9. The van der Waals surface area contributed by atoms with Crippen LogP contribution in [0.4, 0.5) is 5.69 Å². The molecular weight excluding hydrogens is 492 g/mol. The van der Waals surface area contributed by atoms with Gasteiger partial charge in [-0.1, -0.05) is 29.8 Å². The number of carbonyl (C=O) groups is 2. The zero-order valence-corrected chi connectivity index (χ0v) is 19.9. The van der Waals surface area contributed by atoms with Gasteiger partial charge in [0.25, 0.3) is 10.0 Å². The third-order valence-corrected chi connectivity index (χ3v) is 7.22. The van der Waals surface area contributed by atoms with E-state index in [-0.39, 0.29) is 39.8 Å². The Labute approximate surface area is 207 Å². The first-order chi connectivity index (χ1) is 16.7. The summed E-state index contributed by atoms with van der Waals surface area (Å²) < 4.78 is 28.0. The second-order valence-electron chi connectivity index (χ2n) is 7.37. The number of nitrogens with two attached hydrogens (primary N) is 1. The van der Waals surface area contributed by atoms with E-state index in [4.69, 9.17) is 27.7 Å². The largest absolute Gasteiger partial charge is 0.478 e. The van der Waals surface area contributed by atoms with Crippen LogP contribution in [0.15, 0.2) is 71.6 Å². The molecule has 0 saturated carbocycles. The number of carbonyl (C=O) groups excluding carboxylic acids is 1. The van der Waals surface area contributed by atoms with Crippen molar-refractivity contribution in [3.05, 3.63) is 94.0 Å². The molecule has 0 aliphatic carbocycles. The van der Waals surface area contributed by atoms with Crippen molar-refractivity contribution < 1.29 is 23.1 Å². The lowest BCUT2D eigenvalue weighted by Gasteiger charge is -2.26. The van der Waals surface area contributed by atoms with Crippen molar-refractivity contribution >= 4 is 39.2 Å². The number of amides is 1. The van der Waals surface area contributed by atoms with Gasteiger partial charge in [-0.05, 0) is 54.1 Å². The summed E-state index contributed by atoms with van der Waals surface area (Å²) in [6.45, 7) is -0.670. The zero-order chi connectivity index (χ0) is 25.6. The van der Waals surface area contributed by atoms with Gasteiger partial charge < -0.3 is 16.2 Å². The Balaban J connectivity index is 1.94. The third-order valence-electron chi connectivity index (χ3n) is 5.09.